The summed E-state index contributed by atoms with van der Waals surface area (Å²) < 4.78 is 44.7. The van der Waals surface area contributed by atoms with Crippen LogP contribution in [0.25, 0.3) is 0 Å². The number of benzene rings is 1. The lowest BCUT2D eigenvalue weighted by Crippen LogP contribution is -2.23. The third-order valence-electron chi connectivity index (χ3n) is 3.19. The van der Waals surface area contributed by atoms with Crippen LogP contribution in [0.4, 0.5) is 24.7 Å². The van der Waals surface area contributed by atoms with E-state index in [-0.39, 0.29) is 23.7 Å². The lowest BCUT2D eigenvalue weighted by molar-refractivity contribution is 0.0942. The highest BCUT2D eigenvalue weighted by atomic mass is 19.2. The van der Waals surface area contributed by atoms with Crippen LogP contribution in [0.15, 0.2) is 47.3 Å². The molecule has 6 nitrogen and oxygen atoms in total. The summed E-state index contributed by atoms with van der Waals surface area (Å²) in [5.41, 5.74) is -0.272. The number of nitrogens with zero attached hydrogens (tertiary/aromatic N) is 2. The number of nitrogens with one attached hydrogen (secondary N) is 2. The van der Waals surface area contributed by atoms with Crippen molar-refractivity contribution in [2.45, 2.75) is 6.54 Å². The Labute approximate surface area is 139 Å². The second kappa shape index (κ2) is 7.04. The van der Waals surface area contributed by atoms with E-state index in [4.69, 9.17) is 4.42 Å². The highest BCUT2D eigenvalue weighted by Gasteiger charge is 2.14. The fraction of sp³-hybridized carbons (Fsp3) is 0.0625. The van der Waals surface area contributed by atoms with E-state index in [1.54, 1.807) is 12.1 Å². The lowest BCUT2D eigenvalue weighted by atomic mass is 10.3. The van der Waals surface area contributed by atoms with Crippen LogP contribution in [0.5, 0.6) is 0 Å². The van der Waals surface area contributed by atoms with Gasteiger partial charge >= 0.3 is 0 Å². The summed E-state index contributed by atoms with van der Waals surface area (Å²) in [7, 11) is 0. The maximum Gasteiger partial charge on any atom is 0.271 e. The maximum absolute atomic E-state index is 13.6. The zero-order valence-electron chi connectivity index (χ0n) is 12.6. The molecule has 2 heterocycles. The van der Waals surface area contributed by atoms with E-state index in [0.717, 1.165) is 18.3 Å². The van der Waals surface area contributed by atoms with Crippen molar-refractivity contribution in [3.63, 3.8) is 0 Å². The molecule has 0 spiro atoms. The van der Waals surface area contributed by atoms with Crippen molar-refractivity contribution in [3.05, 3.63) is 71.8 Å². The number of rotatable bonds is 5. The number of carbonyl (C=O) groups excluding carboxylic acids is 1. The summed E-state index contributed by atoms with van der Waals surface area (Å²) in [4.78, 5) is 19.7. The average molecular weight is 348 g/mol. The number of hydrogen-bond acceptors (Lipinski definition) is 5. The zero-order chi connectivity index (χ0) is 17.8. The molecule has 0 atom stereocenters. The third-order valence-corrected chi connectivity index (χ3v) is 3.19. The molecule has 0 fully saturated rings. The Morgan fingerprint density at radius 3 is 2.60 bits per heavy atom. The summed E-state index contributed by atoms with van der Waals surface area (Å²) >= 11 is 0. The summed E-state index contributed by atoms with van der Waals surface area (Å²) in [6.45, 7) is 0.188. The zero-order valence-corrected chi connectivity index (χ0v) is 12.6. The van der Waals surface area contributed by atoms with Gasteiger partial charge in [-0.05, 0) is 24.3 Å². The molecule has 128 valence electrons. The minimum Gasteiger partial charge on any atom is -0.467 e. The van der Waals surface area contributed by atoms with Gasteiger partial charge in [-0.2, -0.15) is 0 Å². The molecule has 0 aliphatic rings. The van der Waals surface area contributed by atoms with Gasteiger partial charge in [0, 0.05) is 0 Å². The molecule has 0 radical (unpaired) electrons. The van der Waals surface area contributed by atoms with Crippen molar-refractivity contribution in [2.24, 2.45) is 0 Å². The molecular weight excluding hydrogens is 337 g/mol. The standard InChI is InChI=1S/C16H11F3N4O2/c17-10-3-4-11(15(19)14(10)18)23-13-8-20-12(7-21-13)16(24)22-6-9-2-1-5-25-9/h1-5,7-8H,6H2,(H,21,23)(H,22,24). The molecule has 9 heteroatoms. The number of halogens is 3. The Kier molecular flexibility index (Phi) is 4.64. The van der Waals surface area contributed by atoms with E-state index in [2.05, 4.69) is 20.6 Å². The molecular formula is C16H11F3N4O2. The molecule has 3 rings (SSSR count). The molecule has 25 heavy (non-hydrogen) atoms. The number of furan rings is 1. The average Bonchev–Trinajstić information content (AvgIpc) is 3.14. The van der Waals surface area contributed by atoms with Crippen molar-refractivity contribution in [2.75, 3.05) is 5.32 Å². The molecule has 2 N–H and O–H groups in total. The second-order valence-electron chi connectivity index (χ2n) is 4.90. The molecule has 1 aromatic carbocycles. The summed E-state index contributed by atoms with van der Waals surface area (Å²) in [6, 6.07) is 5.21. The lowest BCUT2D eigenvalue weighted by Gasteiger charge is -2.08. The van der Waals surface area contributed by atoms with Crippen LogP contribution in [0.3, 0.4) is 0 Å². The maximum atomic E-state index is 13.6. The van der Waals surface area contributed by atoms with Gasteiger partial charge in [-0.25, -0.2) is 23.1 Å². The summed E-state index contributed by atoms with van der Waals surface area (Å²) in [6.07, 6.45) is 3.82. The fourth-order valence-electron chi connectivity index (χ4n) is 1.94. The van der Waals surface area contributed by atoms with Gasteiger partial charge in [0.25, 0.3) is 5.91 Å². The number of anilines is 2. The minimum absolute atomic E-state index is 0.0304. The molecule has 0 saturated heterocycles. The van der Waals surface area contributed by atoms with Gasteiger partial charge in [0.1, 0.15) is 17.3 Å². The molecule has 0 bridgehead atoms. The SMILES string of the molecule is O=C(NCc1ccco1)c1cnc(Nc2ccc(F)c(F)c2F)cn1. The Bertz CT molecular complexity index is 883. The monoisotopic (exact) mass is 348 g/mol. The quantitative estimate of drug-likeness (QED) is 0.693. The first-order valence-electron chi connectivity index (χ1n) is 7.07. The molecule has 2 aromatic heterocycles. The number of aromatic nitrogens is 2. The van der Waals surface area contributed by atoms with Gasteiger partial charge < -0.3 is 15.1 Å². The van der Waals surface area contributed by atoms with Crippen LogP contribution in [-0.4, -0.2) is 15.9 Å². The van der Waals surface area contributed by atoms with Crippen LogP contribution in [0, 0.1) is 17.5 Å². The Hall–Kier alpha value is -3.36. The largest absolute Gasteiger partial charge is 0.467 e. The van der Waals surface area contributed by atoms with Crippen LogP contribution >= 0.6 is 0 Å². The van der Waals surface area contributed by atoms with E-state index in [1.165, 1.54) is 12.5 Å². The van der Waals surface area contributed by atoms with E-state index in [0.29, 0.717) is 5.76 Å². The minimum atomic E-state index is -1.59. The van der Waals surface area contributed by atoms with Gasteiger partial charge in [0.15, 0.2) is 17.5 Å². The smallest absolute Gasteiger partial charge is 0.271 e. The highest BCUT2D eigenvalue weighted by Crippen LogP contribution is 2.22. The van der Waals surface area contributed by atoms with E-state index in [1.807, 2.05) is 0 Å². The van der Waals surface area contributed by atoms with Crippen LogP contribution in [0.1, 0.15) is 16.2 Å². The first kappa shape index (κ1) is 16.5. The summed E-state index contributed by atoms with van der Waals surface area (Å²) in [5.74, 6) is -4.10. The van der Waals surface area contributed by atoms with E-state index in [9.17, 15) is 18.0 Å². The number of carbonyl (C=O) groups is 1. The van der Waals surface area contributed by atoms with Crippen LogP contribution < -0.4 is 10.6 Å². The van der Waals surface area contributed by atoms with Gasteiger partial charge in [0.2, 0.25) is 0 Å². The molecule has 3 aromatic rings. The second-order valence-corrected chi connectivity index (χ2v) is 4.90. The third kappa shape index (κ3) is 3.77. The Morgan fingerprint density at radius 2 is 1.92 bits per heavy atom. The molecule has 0 unspecified atom stereocenters. The number of amides is 1. The first-order chi connectivity index (χ1) is 12.0. The molecule has 1 amide bonds. The Morgan fingerprint density at radius 1 is 1.08 bits per heavy atom. The van der Waals surface area contributed by atoms with Crippen LogP contribution in [-0.2, 0) is 6.54 Å². The fourth-order valence-corrected chi connectivity index (χ4v) is 1.94. The molecule has 0 saturated carbocycles. The topological polar surface area (TPSA) is 80.0 Å². The van der Waals surface area contributed by atoms with Gasteiger partial charge in [-0.15, -0.1) is 0 Å². The van der Waals surface area contributed by atoms with Crippen LogP contribution in [0.2, 0.25) is 0 Å². The van der Waals surface area contributed by atoms with Crippen molar-refractivity contribution in [1.82, 2.24) is 15.3 Å². The van der Waals surface area contributed by atoms with Gasteiger partial charge in [-0.1, -0.05) is 0 Å². The first-order valence-corrected chi connectivity index (χ1v) is 7.07. The van der Waals surface area contributed by atoms with E-state index < -0.39 is 23.4 Å². The predicted octanol–water partition coefficient (Wildman–Crippen LogP) is 3.16. The Balaban J connectivity index is 1.66. The predicted molar refractivity (Wildman–Crippen MR) is 81.5 cm³/mol. The summed E-state index contributed by atoms with van der Waals surface area (Å²) in [5, 5.41) is 5.05. The van der Waals surface area contributed by atoms with Gasteiger partial charge in [-0.3, -0.25) is 4.79 Å². The van der Waals surface area contributed by atoms with Crippen molar-refractivity contribution in [1.29, 1.82) is 0 Å². The van der Waals surface area contributed by atoms with Crippen molar-refractivity contribution in [3.8, 4) is 0 Å². The normalized spacial score (nSPS) is 10.5. The number of hydrogen-bond donors (Lipinski definition) is 2. The highest BCUT2D eigenvalue weighted by molar-refractivity contribution is 5.91. The molecule has 0 aliphatic heterocycles. The van der Waals surface area contributed by atoms with Crippen molar-refractivity contribution >= 4 is 17.4 Å². The molecule has 0 aliphatic carbocycles. The van der Waals surface area contributed by atoms with E-state index >= 15 is 0 Å². The van der Waals surface area contributed by atoms with Crippen molar-refractivity contribution < 1.29 is 22.4 Å². The van der Waals surface area contributed by atoms with Gasteiger partial charge in [0.05, 0.1) is 30.9 Å².